The number of methoxy groups -OCH3 is 2. The molecule has 2 saturated heterocycles. The van der Waals surface area contributed by atoms with Crippen LogP contribution in [0.3, 0.4) is 0 Å². The summed E-state index contributed by atoms with van der Waals surface area (Å²) in [4.78, 5) is 71.2. The smallest absolute Gasteiger partial charge is 0.303 e. The van der Waals surface area contributed by atoms with Crippen molar-refractivity contribution in [3.63, 3.8) is 0 Å². The minimum Gasteiger partial charge on any atom is -0.503 e. The van der Waals surface area contributed by atoms with Crippen LogP contribution in [0.4, 0.5) is 5.69 Å². The molecule has 16 heteroatoms. The van der Waals surface area contributed by atoms with Crippen molar-refractivity contribution in [2.45, 2.75) is 49.9 Å². The zero-order chi connectivity index (χ0) is 40.2. The van der Waals surface area contributed by atoms with Gasteiger partial charge in [-0.3, -0.25) is 34.3 Å². The number of halogens is 4. The summed E-state index contributed by atoms with van der Waals surface area (Å²) in [6, 6.07) is 13.2. The fourth-order valence-electron chi connectivity index (χ4n) is 9.17. The van der Waals surface area contributed by atoms with Crippen LogP contribution >= 0.6 is 55.1 Å². The number of carbonyl (C=O) groups is 5. The number of phenolic OH excluding ortho intramolecular Hbond substituents is 1. The molecule has 0 aromatic heterocycles. The number of hydrogen-bond acceptors (Lipinski definition) is 9. The van der Waals surface area contributed by atoms with E-state index in [2.05, 4.69) is 37.3 Å². The molecule has 56 heavy (non-hydrogen) atoms. The van der Waals surface area contributed by atoms with Crippen LogP contribution in [0, 0.1) is 23.7 Å². The topological polar surface area (TPSA) is 163 Å². The van der Waals surface area contributed by atoms with Gasteiger partial charge in [0.1, 0.15) is 5.75 Å². The van der Waals surface area contributed by atoms with Gasteiger partial charge in [-0.15, -0.1) is 0 Å². The van der Waals surface area contributed by atoms with Crippen LogP contribution in [-0.2, 0) is 29.4 Å². The Morgan fingerprint density at radius 3 is 2.32 bits per heavy atom. The second kappa shape index (κ2) is 15.7. The lowest BCUT2D eigenvalue weighted by atomic mass is 9.49. The molecular formula is C40H37Br2Cl2N3O9. The second-order valence-electron chi connectivity index (χ2n) is 14.4. The summed E-state index contributed by atoms with van der Waals surface area (Å²) in [5.41, 5.74) is 3.32. The number of hydrazine groups is 1. The Bertz CT molecular complexity index is 2180. The number of aromatic hydroxyl groups is 1. The number of benzene rings is 3. The molecule has 12 nitrogen and oxygen atoms in total. The summed E-state index contributed by atoms with van der Waals surface area (Å²) in [5.74, 6) is -6.38. The third kappa shape index (κ3) is 6.46. The highest BCUT2D eigenvalue weighted by atomic mass is 79.9. The van der Waals surface area contributed by atoms with Crippen molar-refractivity contribution in [1.82, 2.24) is 9.91 Å². The average Bonchev–Trinajstić information content (AvgIpc) is 3.55. The number of ether oxygens (including phenoxy) is 2. The highest BCUT2D eigenvalue weighted by Gasteiger charge is 2.70. The molecule has 6 atom stereocenters. The Hall–Kier alpha value is -4.11. The summed E-state index contributed by atoms with van der Waals surface area (Å²) in [7, 11) is 2.93. The summed E-state index contributed by atoms with van der Waals surface area (Å²) in [6.45, 7) is 0.152. The van der Waals surface area contributed by atoms with E-state index in [1.165, 1.54) is 25.2 Å². The van der Waals surface area contributed by atoms with Crippen molar-refractivity contribution < 1.29 is 43.7 Å². The third-order valence-corrected chi connectivity index (χ3v) is 14.4. The number of anilines is 1. The average molecular weight is 934 g/mol. The van der Waals surface area contributed by atoms with E-state index in [0.717, 1.165) is 5.01 Å². The van der Waals surface area contributed by atoms with Gasteiger partial charge in [0.15, 0.2) is 11.5 Å². The maximum absolute atomic E-state index is 15.5. The number of allylic oxidation sites excluding steroid dienone is 2. The largest absolute Gasteiger partial charge is 0.503 e. The van der Waals surface area contributed by atoms with Crippen molar-refractivity contribution in [1.29, 1.82) is 0 Å². The minimum absolute atomic E-state index is 0.00220. The molecule has 4 amide bonds. The summed E-state index contributed by atoms with van der Waals surface area (Å²) < 4.78 is 11.7. The van der Waals surface area contributed by atoms with Gasteiger partial charge >= 0.3 is 5.97 Å². The predicted octanol–water partition coefficient (Wildman–Crippen LogP) is 7.87. The van der Waals surface area contributed by atoms with Gasteiger partial charge in [0.05, 0.1) is 52.6 Å². The van der Waals surface area contributed by atoms with Crippen molar-refractivity contribution in [2.24, 2.45) is 23.7 Å². The second-order valence-corrected chi connectivity index (χ2v) is 16.8. The number of hydrogen-bond donors (Lipinski definition) is 3. The van der Waals surface area contributed by atoms with Crippen LogP contribution in [0.25, 0.3) is 0 Å². The molecule has 3 N–H and O–H groups in total. The zero-order valence-electron chi connectivity index (χ0n) is 30.2. The normalized spacial score (nSPS) is 25.5. The third-order valence-electron chi connectivity index (χ3n) is 11.6. The molecule has 4 aliphatic rings. The fourth-order valence-corrected chi connectivity index (χ4v) is 10.6. The molecule has 7 rings (SSSR count). The van der Waals surface area contributed by atoms with Gasteiger partial charge in [-0.05, 0) is 111 Å². The van der Waals surface area contributed by atoms with E-state index in [0.29, 0.717) is 51.2 Å². The number of aliphatic carboxylic acids is 1. The number of likely N-dealkylation sites (tertiary alicyclic amines) is 1. The van der Waals surface area contributed by atoms with E-state index in [9.17, 15) is 19.5 Å². The predicted molar refractivity (Wildman–Crippen MR) is 214 cm³/mol. The first-order valence-corrected chi connectivity index (χ1v) is 20.4. The number of carboxylic acids is 1. The van der Waals surface area contributed by atoms with Crippen molar-refractivity contribution in [2.75, 3.05) is 26.2 Å². The van der Waals surface area contributed by atoms with Gasteiger partial charge < -0.3 is 19.7 Å². The van der Waals surface area contributed by atoms with E-state index in [1.807, 2.05) is 6.08 Å². The van der Waals surface area contributed by atoms with Gasteiger partial charge in [-0.2, -0.15) is 5.01 Å². The lowest BCUT2D eigenvalue weighted by molar-refractivity contribution is -0.141. The van der Waals surface area contributed by atoms with E-state index in [4.69, 9.17) is 37.8 Å². The molecule has 2 aliphatic carbocycles. The van der Waals surface area contributed by atoms with Crippen LogP contribution in [0.5, 0.6) is 17.2 Å². The number of nitrogens with zero attached hydrogens (tertiary/aromatic N) is 2. The van der Waals surface area contributed by atoms with Gasteiger partial charge in [0.2, 0.25) is 11.8 Å². The van der Waals surface area contributed by atoms with E-state index < -0.39 is 52.8 Å². The van der Waals surface area contributed by atoms with Gasteiger partial charge in [-0.1, -0.05) is 53.4 Å². The molecule has 2 heterocycles. The van der Waals surface area contributed by atoms with Crippen LogP contribution in [0.15, 0.2) is 69.1 Å². The Labute approximate surface area is 349 Å². The van der Waals surface area contributed by atoms with Crippen LogP contribution in [0.1, 0.15) is 55.6 Å². The zero-order valence-corrected chi connectivity index (χ0v) is 34.9. The fraction of sp³-hybridized carbons (Fsp3) is 0.375. The number of unbranched alkanes of at least 4 members (excludes halogenated alkanes) is 2. The summed E-state index contributed by atoms with van der Waals surface area (Å²) in [6.07, 6.45) is 3.62. The number of fused-ring (bicyclic) bond motifs is 4. The Morgan fingerprint density at radius 1 is 0.929 bits per heavy atom. The standard InChI is InChI=1S/C40H37Br2Cl2N3O9/c1-55-21-10-7-19(8-11-21)40-26(37(52)47(39(40)54)45-28-14-9-20(43)16-27(28)44)17-24-22(32(40)25-18-29(56-2)35(50)34(42)33(25)41)12-13-23-31(24)38(53)46(36(23)51)15-5-3-4-6-30(48)49/h7-12,14,16,18,23-24,26,31-32,45,50H,3-6,13,15,17H2,1-2H3,(H,48,49). The number of carbonyl (C=O) groups excluding carboxylic acids is 4. The summed E-state index contributed by atoms with van der Waals surface area (Å²) >= 11 is 19.9. The molecule has 1 saturated carbocycles. The van der Waals surface area contributed by atoms with Crippen LogP contribution in [0.2, 0.25) is 10.0 Å². The Morgan fingerprint density at radius 2 is 1.66 bits per heavy atom. The number of rotatable bonds is 12. The highest BCUT2D eigenvalue weighted by molar-refractivity contribution is 9.13. The van der Waals surface area contributed by atoms with E-state index in [1.54, 1.807) is 42.5 Å². The van der Waals surface area contributed by atoms with Crippen molar-refractivity contribution in [3.05, 3.63) is 90.3 Å². The molecular weight excluding hydrogens is 897 g/mol. The Balaban J connectivity index is 1.41. The number of imide groups is 2. The first-order valence-electron chi connectivity index (χ1n) is 18.0. The molecule has 0 spiro atoms. The monoisotopic (exact) mass is 931 g/mol. The minimum atomic E-state index is -1.64. The molecule has 0 bridgehead atoms. The quantitative estimate of drug-likeness (QED) is 0.0926. The number of amides is 4. The van der Waals surface area contributed by atoms with Gasteiger partial charge in [0.25, 0.3) is 11.8 Å². The Kier molecular flexibility index (Phi) is 11.2. The number of carboxylic acid groups (broad SMARTS) is 1. The molecule has 6 unspecified atom stereocenters. The van der Waals surface area contributed by atoms with Gasteiger partial charge in [-0.25, -0.2) is 0 Å². The first kappa shape index (κ1) is 40.1. The first-order chi connectivity index (χ1) is 26.8. The molecule has 0 radical (unpaired) electrons. The van der Waals surface area contributed by atoms with Crippen LogP contribution in [-0.4, -0.2) is 70.5 Å². The molecule has 294 valence electrons. The SMILES string of the molecule is COc1ccc(C23C(=O)N(Nc4ccc(Cl)cc4Cl)C(=O)C2CC2C(=CCC4C(=O)N(CCCCCC(=O)O)C(=O)C42)C3c2cc(OC)c(O)c(Br)c2Br)cc1. The number of phenols is 1. The van der Waals surface area contributed by atoms with Crippen molar-refractivity contribution in [3.8, 4) is 17.2 Å². The highest BCUT2D eigenvalue weighted by Crippen LogP contribution is 2.65. The molecule has 3 aromatic rings. The molecule has 3 fully saturated rings. The maximum atomic E-state index is 15.5. The lowest BCUT2D eigenvalue weighted by Crippen LogP contribution is -2.53. The maximum Gasteiger partial charge on any atom is 0.303 e. The number of nitrogens with one attached hydrogen (secondary N) is 1. The van der Waals surface area contributed by atoms with Gasteiger partial charge in [0, 0.05) is 28.4 Å². The molecule has 2 aliphatic heterocycles. The lowest BCUT2D eigenvalue weighted by Gasteiger charge is -2.51. The van der Waals surface area contributed by atoms with Crippen LogP contribution < -0.4 is 14.9 Å². The van der Waals surface area contributed by atoms with Crippen molar-refractivity contribution >= 4 is 90.3 Å². The van der Waals surface area contributed by atoms with E-state index in [-0.39, 0.29) is 64.3 Å². The van der Waals surface area contributed by atoms with E-state index >= 15 is 9.59 Å². The summed E-state index contributed by atoms with van der Waals surface area (Å²) in [5, 5.41) is 21.6. The molecule has 3 aromatic carbocycles.